The third-order valence-electron chi connectivity index (χ3n) is 2.89. The van der Waals surface area contributed by atoms with Crippen LogP contribution in [0.4, 0.5) is 11.4 Å². The molecule has 2 N–H and O–H groups in total. The minimum Gasteiger partial charge on any atom is -0.399 e. The van der Waals surface area contributed by atoms with Crippen molar-refractivity contribution in [2.75, 3.05) is 24.2 Å². The van der Waals surface area contributed by atoms with Crippen LogP contribution in [0.2, 0.25) is 0 Å². The Kier molecular flexibility index (Phi) is 1.91. The first kappa shape index (κ1) is 8.42. The standard InChI is InChI=1S/C11H16N2/c1-8-5-6-13(2)11-4-3-9(12)7-10(8)11/h3-4,7-8H,5-6,12H2,1-2H3. The van der Waals surface area contributed by atoms with Crippen molar-refractivity contribution in [1.82, 2.24) is 0 Å². The van der Waals surface area contributed by atoms with Crippen molar-refractivity contribution in [2.24, 2.45) is 0 Å². The molecule has 0 aliphatic carbocycles. The Labute approximate surface area is 79.4 Å². The summed E-state index contributed by atoms with van der Waals surface area (Å²) in [6.07, 6.45) is 1.23. The zero-order valence-corrected chi connectivity index (χ0v) is 8.25. The molecule has 1 heterocycles. The number of rotatable bonds is 0. The van der Waals surface area contributed by atoms with Gasteiger partial charge in [-0.25, -0.2) is 0 Å². The highest BCUT2D eigenvalue weighted by Gasteiger charge is 2.19. The van der Waals surface area contributed by atoms with E-state index < -0.39 is 0 Å². The molecule has 2 nitrogen and oxygen atoms in total. The van der Waals surface area contributed by atoms with Crippen molar-refractivity contribution < 1.29 is 0 Å². The average molecular weight is 176 g/mol. The number of nitrogens with two attached hydrogens (primary N) is 1. The van der Waals surface area contributed by atoms with Gasteiger partial charge in [-0.15, -0.1) is 0 Å². The molecule has 1 aromatic rings. The molecule has 0 saturated carbocycles. The molecule has 2 rings (SSSR count). The van der Waals surface area contributed by atoms with Gasteiger partial charge in [0.15, 0.2) is 0 Å². The van der Waals surface area contributed by atoms with Crippen LogP contribution in [-0.4, -0.2) is 13.6 Å². The maximum atomic E-state index is 5.77. The summed E-state index contributed by atoms with van der Waals surface area (Å²) in [5.74, 6) is 0.648. The molecule has 2 heteroatoms. The summed E-state index contributed by atoms with van der Waals surface area (Å²) in [6, 6.07) is 6.21. The van der Waals surface area contributed by atoms with E-state index in [1.54, 1.807) is 0 Å². The number of nitrogens with zero attached hydrogens (tertiary/aromatic N) is 1. The first-order valence-corrected chi connectivity index (χ1v) is 4.79. The molecule has 1 aliphatic rings. The van der Waals surface area contributed by atoms with Gasteiger partial charge in [-0.1, -0.05) is 6.92 Å². The number of hydrogen-bond acceptors (Lipinski definition) is 2. The van der Waals surface area contributed by atoms with E-state index in [4.69, 9.17) is 5.73 Å². The van der Waals surface area contributed by atoms with Crippen LogP contribution in [0, 0.1) is 0 Å². The van der Waals surface area contributed by atoms with Gasteiger partial charge in [-0.2, -0.15) is 0 Å². The van der Waals surface area contributed by atoms with Gasteiger partial charge in [0, 0.05) is 25.0 Å². The van der Waals surface area contributed by atoms with Gasteiger partial charge in [-0.05, 0) is 36.1 Å². The number of fused-ring (bicyclic) bond motifs is 1. The summed E-state index contributed by atoms with van der Waals surface area (Å²) in [4.78, 5) is 2.30. The van der Waals surface area contributed by atoms with Crippen molar-refractivity contribution in [3.05, 3.63) is 23.8 Å². The summed E-state index contributed by atoms with van der Waals surface area (Å²) in [5, 5.41) is 0. The first-order valence-electron chi connectivity index (χ1n) is 4.79. The Morgan fingerprint density at radius 2 is 2.23 bits per heavy atom. The topological polar surface area (TPSA) is 29.3 Å². The Morgan fingerprint density at radius 1 is 1.46 bits per heavy atom. The molecule has 1 aliphatic heterocycles. The minimum atomic E-state index is 0.648. The molecule has 0 spiro atoms. The SMILES string of the molecule is CC1CCN(C)c2ccc(N)cc21. The lowest BCUT2D eigenvalue weighted by Gasteiger charge is -2.31. The highest BCUT2D eigenvalue weighted by atomic mass is 15.1. The molecule has 0 saturated heterocycles. The lowest BCUT2D eigenvalue weighted by molar-refractivity contribution is 0.637. The van der Waals surface area contributed by atoms with E-state index in [1.165, 1.54) is 17.7 Å². The van der Waals surface area contributed by atoms with Crippen LogP contribution in [-0.2, 0) is 0 Å². The van der Waals surface area contributed by atoms with E-state index in [0.717, 1.165) is 12.2 Å². The maximum Gasteiger partial charge on any atom is 0.0400 e. The molecule has 0 fully saturated rings. The minimum absolute atomic E-state index is 0.648. The van der Waals surface area contributed by atoms with Crippen LogP contribution in [0.25, 0.3) is 0 Å². The fourth-order valence-electron chi connectivity index (χ4n) is 1.98. The zero-order valence-electron chi connectivity index (χ0n) is 8.25. The second-order valence-corrected chi connectivity index (χ2v) is 3.93. The van der Waals surface area contributed by atoms with E-state index in [1.807, 2.05) is 6.07 Å². The molecule has 13 heavy (non-hydrogen) atoms. The van der Waals surface area contributed by atoms with E-state index in [9.17, 15) is 0 Å². The van der Waals surface area contributed by atoms with Gasteiger partial charge in [-0.3, -0.25) is 0 Å². The number of hydrogen-bond donors (Lipinski definition) is 1. The Morgan fingerprint density at radius 3 is 3.00 bits per heavy atom. The fourth-order valence-corrected chi connectivity index (χ4v) is 1.98. The molecule has 0 aromatic heterocycles. The predicted octanol–water partition coefficient (Wildman–Crippen LogP) is 2.21. The highest BCUT2D eigenvalue weighted by molar-refractivity contribution is 5.61. The molecule has 1 aromatic carbocycles. The molecule has 1 unspecified atom stereocenters. The van der Waals surface area contributed by atoms with E-state index in [2.05, 4.69) is 31.0 Å². The molecular formula is C11H16N2. The van der Waals surface area contributed by atoms with E-state index >= 15 is 0 Å². The lowest BCUT2D eigenvalue weighted by atomic mass is 9.91. The van der Waals surface area contributed by atoms with Crippen molar-refractivity contribution in [3.8, 4) is 0 Å². The normalized spacial score (nSPS) is 21.4. The van der Waals surface area contributed by atoms with Crippen LogP contribution in [0.1, 0.15) is 24.8 Å². The number of benzene rings is 1. The molecule has 0 bridgehead atoms. The Bertz CT molecular complexity index is 320. The Hall–Kier alpha value is -1.18. The summed E-state index contributed by atoms with van der Waals surface area (Å²) in [5.41, 5.74) is 9.38. The van der Waals surface area contributed by atoms with Gasteiger partial charge < -0.3 is 10.6 Å². The van der Waals surface area contributed by atoms with Crippen LogP contribution in [0.5, 0.6) is 0 Å². The lowest BCUT2D eigenvalue weighted by Crippen LogP contribution is -2.26. The van der Waals surface area contributed by atoms with Gasteiger partial charge in [0.2, 0.25) is 0 Å². The number of anilines is 2. The van der Waals surface area contributed by atoms with Gasteiger partial charge >= 0.3 is 0 Å². The van der Waals surface area contributed by atoms with Crippen molar-refractivity contribution in [2.45, 2.75) is 19.3 Å². The predicted molar refractivity (Wildman–Crippen MR) is 57.2 cm³/mol. The van der Waals surface area contributed by atoms with Crippen LogP contribution in [0.15, 0.2) is 18.2 Å². The largest absolute Gasteiger partial charge is 0.399 e. The van der Waals surface area contributed by atoms with Gasteiger partial charge in [0.1, 0.15) is 0 Å². The van der Waals surface area contributed by atoms with Crippen molar-refractivity contribution in [3.63, 3.8) is 0 Å². The van der Waals surface area contributed by atoms with Crippen LogP contribution >= 0.6 is 0 Å². The van der Waals surface area contributed by atoms with E-state index in [0.29, 0.717) is 5.92 Å². The fraction of sp³-hybridized carbons (Fsp3) is 0.455. The van der Waals surface area contributed by atoms with Gasteiger partial charge in [0.05, 0.1) is 0 Å². The first-order chi connectivity index (χ1) is 6.18. The second-order valence-electron chi connectivity index (χ2n) is 3.93. The molecule has 1 atom stereocenters. The highest BCUT2D eigenvalue weighted by Crippen LogP contribution is 2.35. The molecular weight excluding hydrogens is 160 g/mol. The third kappa shape index (κ3) is 1.37. The number of nitrogen functional groups attached to an aromatic ring is 1. The van der Waals surface area contributed by atoms with Crippen molar-refractivity contribution in [1.29, 1.82) is 0 Å². The summed E-state index contributed by atoms with van der Waals surface area (Å²) in [7, 11) is 2.14. The van der Waals surface area contributed by atoms with E-state index in [-0.39, 0.29) is 0 Å². The van der Waals surface area contributed by atoms with Crippen molar-refractivity contribution >= 4 is 11.4 Å². The quantitative estimate of drug-likeness (QED) is 0.614. The molecule has 0 amide bonds. The Balaban J connectivity index is 2.50. The summed E-state index contributed by atoms with van der Waals surface area (Å²) in [6.45, 7) is 3.42. The molecule has 0 radical (unpaired) electrons. The van der Waals surface area contributed by atoms with Crippen LogP contribution < -0.4 is 10.6 Å². The second kappa shape index (κ2) is 2.95. The zero-order chi connectivity index (χ0) is 9.42. The maximum absolute atomic E-state index is 5.77. The smallest absolute Gasteiger partial charge is 0.0400 e. The summed E-state index contributed by atoms with van der Waals surface area (Å²) < 4.78 is 0. The van der Waals surface area contributed by atoms with Gasteiger partial charge in [0.25, 0.3) is 0 Å². The van der Waals surface area contributed by atoms with Crippen LogP contribution in [0.3, 0.4) is 0 Å². The molecule has 70 valence electrons. The monoisotopic (exact) mass is 176 g/mol. The average Bonchev–Trinajstić information content (AvgIpc) is 2.12. The summed E-state index contributed by atoms with van der Waals surface area (Å²) >= 11 is 0. The third-order valence-corrected chi connectivity index (χ3v) is 2.89.